The van der Waals surface area contributed by atoms with Crippen molar-refractivity contribution < 1.29 is 0 Å². The Bertz CT molecular complexity index is 4450. The van der Waals surface area contributed by atoms with Gasteiger partial charge in [-0.2, -0.15) is 0 Å². The molecule has 3 aliphatic carbocycles. The lowest BCUT2D eigenvalue weighted by Crippen LogP contribution is -2.31. The third-order valence-corrected chi connectivity index (χ3v) is 17.8. The van der Waals surface area contributed by atoms with Crippen molar-refractivity contribution in [2.45, 2.75) is 37.5 Å². The molecule has 0 bridgehead atoms. The van der Waals surface area contributed by atoms with Crippen LogP contribution in [0.3, 0.4) is 0 Å². The highest BCUT2D eigenvalue weighted by Crippen LogP contribution is 2.66. The average Bonchev–Trinajstić information content (AvgIpc) is 2.64. The topological polar surface area (TPSA) is 11.4 Å². The summed E-state index contributed by atoms with van der Waals surface area (Å²) in [5.74, 6) is 0. The first-order valence-electron chi connectivity index (χ1n) is 27.9. The smallest absolute Gasteiger partial charge is 0.0723 e. The van der Waals surface area contributed by atoms with Crippen LogP contribution in [0.15, 0.2) is 279 Å². The number of hydrogen-bond donors (Lipinski definition) is 0. The summed E-state index contributed by atoms with van der Waals surface area (Å²) >= 11 is 0. The molecule has 0 saturated heterocycles. The molecule has 0 atom stereocenters. The maximum absolute atomic E-state index is 2.55. The molecule has 16 rings (SSSR count). The zero-order valence-corrected chi connectivity index (χ0v) is 44.2. The molecular formula is C76H55N3. The van der Waals surface area contributed by atoms with Gasteiger partial charge >= 0.3 is 0 Å². The average molecular weight is 1010 g/mol. The van der Waals surface area contributed by atoms with Gasteiger partial charge in [-0.1, -0.05) is 202 Å². The summed E-state index contributed by atoms with van der Waals surface area (Å²) < 4.78 is 2.39. The van der Waals surface area contributed by atoms with Gasteiger partial charge in [0.05, 0.1) is 33.5 Å². The van der Waals surface area contributed by atoms with Gasteiger partial charge in [-0.25, -0.2) is 0 Å². The SMILES string of the molecule is CC1(C)c2ccccc2N(c2ccccc2)c2cccc(-c3ccc(N(c4ccc(-c5ccc6c(c5)c5ccccc5n6-c5ccccc5)cc4)c4cccc5c4C4=CCCC=C4C54c5ccccc5-c5ccccc54)cc3)c21. The Morgan fingerprint density at radius 1 is 0.392 bits per heavy atom. The molecule has 0 amide bonds. The lowest BCUT2D eigenvalue weighted by atomic mass is 9.69. The maximum Gasteiger partial charge on any atom is 0.0723 e. The first kappa shape index (κ1) is 45.5. The van der Waals surface area contributed by atoms with Gasteiger partial charge in [0, 0.05) is 44.5 Å². The van der Waals surface area contributed by atoms with Gasteiger partial charge in [0.25, 0.3) is 0 Å². The van der Waals surface area contributed by atoms with E-state index < -0.39 is 5.41 Å². The molecule has 0 fully saturated rings. The van der Waals surface area contributed by atoms with Crippen LogP contribution >= 0.6 is 0 Å². The highest BCUT2D eigenvalue weighted by Gasteiger charge is 2.54. The van der Waals surface area contributed by atoms with E-state index in [2.05, 4.69) is 301 Å². The van der Waals surface area contributed by atoms with Gasteiger partial charge in [-0.05, 0) is 170 Å². The molecule has 0 unspecified atom stereocenters. The molecule has 3 nitrogen and oxygen atoms in total. The summed E-state index contributed by atoms with van der Waals surface area (Å²) in [5, 5.41) is 2.50. The van der Waals surface area contributed by atoms with Crippen molar-refractivity contribution in [3.63, 3.8) is 0 Å². The molecule has 0 N–H and O–H groups in total. The molecule has 374 valence electrons. The number of nitrogens with zero attached hydrogens (tertiary/aromatic N) is 3. The Balaban J connectivity index is 0.869. The highest BCUT2D eigenvalue weighted by molar-refractivity contribution is 6.11. The minimum Gasteiger partial charge on any atom is -0.310 e. The quantitative estimate of drug-likeness (QED) is 0.158. The Morgan fingerprint density at radius 3 is 1.67 bits per heavy atom. The van der Waals surface area contributed by atoms with Crippen molar-refractivity contribution in [1.29, 1.82) is 0 Å². The van der Waals surface area contributed by atoms with Crippen LogP contribution in [0.1, 0.15) is 60.1 Å². The van der Waals surface area contributed by atoms with E-state index in [9.17, 15) is 0 Å². The number of para-hydroxylation sites is 4. The second kappa shape index (κ2) is 17.4. The van der Waals surface area contributed by atoms with Crippen molar-refractivity contribution in [2.75, 3.05) is 9.80 Å². The van der Waals surface area contributed by atoms with Gasteiger partial charge in [-0.3, -0.25) is 0 Å². The standard InChI is InChI=1S/C76H55N3/c1-75(2)66-33-16-18-36-70(66)79(54-23-7-4-8-24-54)72-38-19-29-57(74(72)75)51-41-46-56(47-42-51)77(55-44-39-50(40-45-55)52-43-48-69-62(49-52)60-27-12-17-35-68(60)78(69)53-21-5-3-6-22-53)71-37-20-34-67-73(71)61-28-11-15-32-65(61)76(67)63-30-13-9-25-58(63)59-26-10-14-31-64(59)76/h3-10,12-14,16-49H,11,15H2,1-2H3. The predicted molar refractivity (Wildman–Crippen MR) is 330 cm³/mol. The second-order valence-electron chi connectivity index (χ2n) is 22.2. The minimum atomic E-state index is -0.419. The number of rotatable bonds is 7. The van der Waals surface area contributed by atoms with Crippen LogP contribution in [-0.2, 0) is 10.8 Å². The fourth-order valence-corrected chi connectivity index (χ4v) is 14.5. The van der Waals surface area contributed by atoms with Crippen LogP contribution in [0.5, 0.6) is 0 Å². The Morgan fingerprint density at radius 2 is 0.937 bits per heavy atom. The predicted octanol–water partition coefficient (Wildman–Crippen LogP) is 20.1. The molecule has 1 spiro atoms. The first-order chi connectivity index (χ1) is 39.0. The monoisotopic (exact) mass is 1010 g/mol. The molecule has 79 heavy (non-hydrogen) atoms. The van der Waals surface area contributed by atoms with Crippen LogP contribution < -0.4 is 9.80 Å². The van der Waals surface area contributed by atoms with Crippen molar-refractivity contribution in [3.05, 3.63) is 312 Å². The van der Waals surface area contributed by atoms with E-state index in [1.54, 1.807) is 0 Å². The molecular weight excluding hydrogens is 955 g/mol. The molecule has 1 aromatic heterocycles. The fourth-order valence-electron chi connectivity index (χ4n) is 14.5. The van der Waals surface area contributed by atoms with E-state index in [1.165, 1.54) is 117 Å². The molecule has 3 heteroatoms. The number of allylic oxidation sites excluding steroid dienone is 4. The summed E-state index contributed by atoms with van der Waals surface area (Å²) in [6, 6.07) is 97.2. The lowest BCUT2D eigenvalue weighted by molar-refractivity contribution is 0.633. The van der Waals surface area contributed by atoms with E-state index >= 15 is 0 Å². The largest absolute Gasteiger partial charge is 0.310 e. The van der Waals surface area contributed by atoms with Crippen LogP contribution in [0.25, 0.3) is 66.4 Å². The molecule has 1 aliphatic heterocycles. The first-order valence-corrected chi connectivity index (χ1v) is 27.9. The van der Waals surface area contributed by atoms with Crippen LogP contribution in [0, 0.1) is 0 Å². The highest BCUT2D eigenvalue weighted by atomic mass is 15.2. The van der Waals surface area contributed by atoms with Gasteiger partial charge in [-0.15, -0.1) is 0 Å². The molecule has 11 aromatic carbocycles. The van der Waals surface area contributed by atoms with Gasteiger partial charge in [0.1, 0.15) is 0 Å². The Hall–Kier alpha value is -9.70. The van der Waals surface area contributed by atoms with E-state index in [4.69, 9.17) is 0 Å². The van der Waals surface area contributed by atoms with E-state index in [0.717, 1.165) is 35.6 Å². The fraction of sp³-hybridized carbons (Fsp3) is 0.0789. The van der Waals surface area contributed by atoms with Gasteiger partial charge < -0.3 is 14.4 Å². The van der Waals surface area contributed by atoms with Gasteiger partial charge in [0.2, 0.25) is 0 Å². The van der Waals surface area contributed by atoms with Gasteiger partial charge in [0.15, 0.2) is 0 Å². The third kappa shape index (κ3) is 6.54. The summed E-state index contributed by atoms with van der Waals surface area (Å²) in [4.78, 5) is 4.98. The Labute approximate surface area is 461 Å². The van der Waals surface area contributed by atoms with Crippen LogP contribution in [-0.4, -0.2) is 4.57 Å². The maximum atomic E-state index is 2.55. The van der Waals surface area contributed by atoms with Crippen molar-refractivity contribution in [3.8, 4) is 39.1 Å². The molecule has 2 heterocycles. The zero-order chi connectivity index (χ0) is 52.4. The molecule has 0 saturated carbocycles. The third-order valence-electron chi connectivity index (χ3n) is 17.8. The Kier molecular flexibility index (Phi) is 10.0. The zero-order valence-electron chi connectivity index (χ0n) is 44.2. The number of fused-ring (bicyclic) bond motifs is 15. The van der Waals surface area contributed by atoms with Crippen molar-refractivity contribution in [2.24, 2.45) is 0 Å². The lowest BCUT2D eigenvalue weighted by Gasteiger charge is -2.43. The van der Waals surface area contributed by atoms with Crippen molar-refractivity contribution in [1.82, 2.24) is 4.57 Å². The molecule has 12 aromatic rings. The van der Waals surface area contributed by atoms with Crippen LogP contribution in [0.2, 0.25) is 0 Å². The van der Waals surface area contributed by atoms with E-state index in [0.29, 0.717) is 0 Å². The minimum absolute atomic E-state index is 0.263. The summed E-state index contributed by atoms with van der Waals surface area (Å²) in [6.45, 7) is 4.79. The molecule has 4 aliphatic rings. The number of anilines is 6. The summed E-state index contributed by atoms with van der Waals surface area (Å²) in [6.07, 6.45) is 7.11. The normalized spacial score (nSPS) is 14.9. The number of benzene rings is 11. The summed E-state index contributed by atoms with van der Waals surface area (Å²) in [5.41, 5.74) is 28.2. The van der Waals surface area contributed by atoms with Crippen LogP contribution in [0.4, 0.5) is 34.1 Å². The summed E-state index contributed by atoms with van der Waals surface area (Å²) in [7, 11) is 0. The van der Waals surface area contributed by atoms with E-state index in [-0.39, 0.29) is 5.41 Å². The number of hydrogen-bond acceptors (Lipinski definition) is 2. The second-order valence-corrected chi connectivity index (χ2v) is 22.2. The molecule has 0 radical (unpaired) electrons. The number of aromatic nitrogens is 1. The van der Waals surface area contributed by atoms with Crippen molar-refractivity contribution >= 4 is 61.5 Å². The van der Waals surface area contributed by atoms with E-state index in [1.807, 2.05) is 0 Å².